The number of hydrogen-bond acceptors (Lipinski definition) is 6. The number of nitrogens with zero attached hydrogens (tertiary/aromatic N) is 4. The minimum absolute atomic E-state index is 0.184. The van der Waals surface area contributed by atoms with Crippen LogP contribution < -0.4 is 4.90 Å². The van der Waals surface area contributed by atoms with Crippen molar-refractivity contribution in [3.8, 4) is 11.1 Å². The number of thiophene rings is 1. The largest absolute Gasteiger partial charge is 0.459 e. The zero-order valence-electron chi connectivity index (χ0n) is 16.7. The first-order chi connectivity index (χ1) is 15.4. The van der Waals surface area contributed by atoms with Gasteiger partial charge in [0.1, 0.15) is 11.5 Å². The number of carbonyl (C=O) groups excluding carboxylic acids is 1. The monoisotopic (exact) mass is 458 g/mol. The summed E-state index contributed by atoms with van der Waals surface area (Å²) in [5, 5.41) is 4.27. The number of amides is 1. The van der Waals surface area contributed by atoms with Gasteiger partial charge in [0.25, 0.3) is 5.91 Å². The average molecular weight is 458 g/mol. The standard InChI is InChI=1S/C22H17F3N4O2S/c23-22(24,25)18-4-3-15-19(27-18)16(14-5-11-32-13-14)12-26-20(15)28-6-8-29(9-7-28)21(30)17-2-1-10-31-17/h1-5,10-13H,6-9H2. The number of halogens is 3. The van der Waals surface area contributed by atoms with Gasteiger partial charge in [0.2, 0.25) is 0 Å². The molecule has 5 rings (SSSR count). The number of aromatic nitrogens is 2. The molecule has 1 aliphatic heterocycles. The Kier molecular flexibility index (Phi) is 5.09. The molecule has 0 N–H and O–H groups in total. The van der Waals surface area contributed by atoms with Crippen molar-refractivity contribution in [1.29, 1.82) is 0 Å². The van der Waals surface area contributed by atoms with Gasteiger partial charge >= 0.3 is 6.18 Å². The molecule has 1 aliphatic rings. The van der Waals surface area contributed by atoms with E-state index in [1.165, 1.54) is 23.7 Å². The zero-order chi connectivity index (χ0) is 22.3. The van der Waals surface area contributed by atoms with Crippen LogP contribution in [0.15, 0.2) is 58.0 Å². The van der Waals surface area contributed by atoms with Gasteiger partial charge in [-0.25, -0.2) is 9.97 Å². The van der Waals surface area contributed by atoms with Gasteiger partial charge < -0.3 is 14.2 Å². The van der Waals surface area contributed by atoms with Crippen LogP contribution in [-0.4, -0.2) is 47.0 Å². The van der Waals surface area contributed by atoms with Gasteiger partial charge in [-0.3, -0.25) is 4.79 Å². The highest BCUT2D eigenvalue weighted by molar-refractivity contribution is 7.08. The van der Waals surface area contributed by atoms with Gasteiger partial charge in [0.05, 0.1) is 11.8 Å². The molecule has 0 unspecified atom stereocenters. The minimum Gasteiger partial charge on any atom is -0.459 e. The molecule has 164 valence electrons. The molecule has 32 heavy (non-hydrogen) atoms. The zero-order valence-corrected chi connectivity index (χ0v) is 17.5. The second-order valence-corrected chi connectivity index (χ2v) is 8.13. The maximum atomic E-state index is 13.3. The van der Waals surface area contributed by atoms with E-state index in [1.807, 2.05) is 21.7 Å². The first-order valence-electron chi connectivity index (χ1n) is 9.89. The SMILES string of the molecule is O=C(c1ccco1)N1CCN(c2ncc(-c3ccsc3)c3nc(C(F)(F)F)ccc23)CC1. The summed E-state index contributed by atoms with van der Waals surface area (Å²) in [5.41, 5.74) is 0.660. The molecular weight excluding hydrogens is 441 g/mol. The average Bonchev–Trinajstić information content (AvgIpc) is 3.51. The van der Waals surface area contributed by atoms with Gasteiger partial charge in [0, 0.05) is 43.3 Å². The van der Waals surface area contributed by atoms with E-state index < -0.39 is 11.9 Å². The Hall–Kier alpha value is -3.40. The predicted molar refractivity (Wildman–Crippen MR) is 115 cm³/mol. The fourth-order valence-electron chi connectivity index (χ4n) is 3.82. The first-order valence-corrected chi connectivity index (χ1v) is 10.8. The molecule has 0 bridgehead atoms. The third kappa shape index (κ3) is 3.70. The molecule has 6 nitrogen and oxygen atoms in total. The quantitative estimate of drug-likeness (QED) is 0.436. The topological polar surface area (TPSA) is 62.5 Å². The van der Waals surface area contributed by atoms with Gasteiger partial charge in [-0.05, 0) is 46.7 Å². The lowest BCUT2D eigenvalue weighted by Gasteiger charge is -2.35. The van der Waals surface area contributed by atoms with Crippen LogP contribution in [0.2, 0.25) is 0 Å². The maximum absolute atomic E-state index is 13.3. The summed E-state index contributed by atoms with van der Waals surface area (Å²) in [4.78, 5) is 24.7. The minimum atomic E-state index is -4.54. The van der Waals surface area contributed by atoms with Crippen molar-refractivity contribution in [2.45, 2.75) is 6.18 Å². The van der Waals surface area contributed by atoms with Crippen LogP contribution in [0.1, 0.15) is 16.2 Å². The van der Waals surface area contributed by atoms with Gasteiger partial charge in [0.15, 0.2) is 5.76 Å². The van der Waals surface area contributed by atoms with E-state index in [-0.39, 0.29) is 17.2 Å². The molecular formula is C22H17F3N4O2S. The van der Waals surface area contributed by atoms with Crippen LogP contribution in [0.25, 0.3) is 22.0 Å². The number of furan rings is 1. The van der Waals surface area contributed by atoms with E-state index in [9.17, 15) is 18.0 Å². The van der Waals surface area contributed by atoms with E-state index in [4.69, 9.17) is 4.42 Å². The molecule has 4 aromatic rings. The molecule has 10 heteroatoms. The summed E-state index contributed by atoms with van der Waals surface area (Å²) in [6.45, 7) is 1.88. The highest BCUT2D eigenvalue weighted by atomic mass is 32.1. The number of alkyl halides is 3. The Balaban J connectivity index is 1.48. The summed E-state index contributed by atoms with van der Waals surface area (Å²) in [6.07, 6.45) is -1.51. The second kappa shape index (κ2) is 7.94. The highest BCUT2D eigenvalue weighted by Crippen LogP contribution is 2.36. The van der Waals surface area contributed by atoms with Crippen molar-refractivity contribution >= 4 is 34.0 Å². The molecule has 0 atom stereocenters. The summed E-state index contributed by atoms with van der Waals surface area (Å²) in [5.74, 6) is 0.660. The van der Waals surface area contributed by atoms with E-state index >= 15 is 0 Å². The van der Waals surface area contributed by atoms with Gasteiger partial charge in [-0.15, -0.1) is 0 Å². The lowest BCUT2D eigenvalue weighted by Crippen LogP contribution is -2.49. The summed E-state index contributed by atoms with van der Waals surface area (Å²) in [7, 11) is 0. The molecule has 0 radical (unpaired) electrons. The van der Waals surface area contributed by atoms with Crippen LogP contribution in [0.3, 0.4) is 0 Å². The van der Waals surface area contributed by atoms with Crippen molar-refractivity contribution in [3.05, 3.63) is 65.0 Å². The predicted octanol–water partition coefficient (Wildman–Crippen LogP) is 4.93. The van der Waals surface area contributed by atoms with E-state index in [1.54, 1.807) is 23.2 Å². The number of pyridine rings is 2. The smallest absolute Gasteiger partial charge is 0.433 e. The van der Waals surface area contributed by atoms with Crippen molar-refractivity contribution in [3.63, 3.8) is 0 Å². The normalized spacial score (nSPS) is 14.8. The fraction of sp³-hybridized carbons (Fsp3) is 0.227. The lowest BCUT2D eigenvalue weighted by molar-refractivity contribution is -0.140. The molecule has 0 saturated carbocycles. The van der Waals surface area contributed by atoms with E-state index in [2.05, 4.69) is 9.97 Å². The van der Waals surface area contributed by atoms with Crippen LogP contribution in [-0.2, 0) is 6.18 Å². The summed E-state index contributed by atoms with van der Waals surface area (Å²) < 4.78 is 45.2. The fourth-order valence-corrected chi connectivity index (χ4v) is 4.47. The Morgan fingerprint density at radius 2 is 1.91 bits per heavy atom. The number of piperazine rings is 1. The Morgan fingerprint density at radius 3 is 2.56 bits per heavy atom. The summed E-state index contributed by atoms with van der Waals surface area (Å²) in [6, 6.07) is 7.54. The molecule has 1 fully saturated rings. The van der Waals surface area contributed by atoms with Crippen LogP contribution in [0, 0.1) is 0 Å². The number of carbonyl (C=O) groups is 1. The molecule has 4 aromatic heterocycles. The van der Waals surface area contributed by atoms with E-state index in [0.29, 0.717) is 42.9 Å². The number of fused-ring (bicyclic) bond motifs is 1. The van der Waals surface area contributed by atoms with Crippen molar-refractivity contribution in [2.24, 2.45) is 0 Å². The van der Waals surface area contributed by atoms with Crippen LogP contribution in [0.5, 0.6) is 0 Å². The highest BCUT2D eigenvalue weighted by Gasteiger charge is 2.33. The van der Waals surface area contributed by atoms with Crippen LogP contribution in [0.4, 0.5) is 19.0 Å². The number of hydrogen-bond donors (Lipinski definition) is 0. The summed E-state index contributed by atoms with van der Waals surface area (Å²) >= 11 is 1.45. The number of anilines is 1. The Labute approximate surface area is 184 Å². The number of rotatable bonds is 3. The third-order valence-electron chi connectivity index (χ3n) is 5.43. The van der Waals surface area contributed by atoms with Crippen molar-refractivity contribution in [1.82, 2.24) is 14.9 Å². The molecule has 1 saturated heterocycles. The van der Waals surface area contributed by atoms with Gasteiger partial charge in [-0.1, -0.05) is 0 Å². The van der Waals surface area contributed by atoms with Crippen molar-refractivity contribution in [2.75, 3.05) is 31.1 Å². The van der Waals surface area contributed by atoms with E-state index in [0.717, 1.165) is 11.6 Å². The Bertz CT molecular complexity index is 1250. The van der Waals surface area contributed by atoms with Crippen molar-refractivity contribution < 1.29 is 22.4 Å². The first kappa shape index (κ1) is 20.5. The molecule has 1 amide bonds. The molecule has 5 heterocycles. The lowest BCUT2D eigenvalue weighted by atomic mass is 10.1. The molecule has 0 aromatic carbocycles. The van der Waals surface area contributed by atoms with Crippen LogP contribution >= 0.6 is 11.3 Å². The maximum Gasteiger partial charge on any atom is 0.433 e. The Morgan fingerprint density at radius 1 is 1.09 bits per heavy atom. The second-order valence-electron chi connectivity index (χ2n) is 7.35. The third-order valence-corrected chi connectivity index (χ3v) is 6.11. The van der Waals surface area contributed by atoms with Gasteiger partial charge in [-0.2, -0.15) is 24.5 Å². The molecule has 0 aliphatic carbocycles. The molecule has 0 spiro atoms.